The predicted molar refractivity (Wildman–Crippen MR) is 131 cm³/mol. The smallest absolute Gasteiger partial charge is 0.266 e. The minimum Gasteiger partial charge on any atom is -0.490 e. The number of thiocarbonyl (C=S) groups is 1. The lowest BCUT2D eigenvalue weighted by Crippen LogP contribution is -2.27. The minimum absolute atomic E-state index is 0.141. The Morgan fingerprint density at radius 2 is 1.94 bits per heavy atom. The number of amides is 1. The van der Waals surface area contributed by atoms with Gasteiger partial charge in [-0.25, -0.2) is 4.39 Å². The molecule has 3 aromatic rings. The summed E-state index contributed by atoms with van der Waals surface area (Å²) in [7, 11) is 0. The highest BCUT2D eigenvalue weighted by molar-refractivity contribution is 8.26. The van der Waals surface area contributed by atoms with Crippen molar-refractivity contribution in [3.8, 4) is 11.5 Å². The Kier molecular flexibility index (Phi) is 7.36. The number of halogens is 1. The van der Waals surface area contributed by atoms with Gasteiger partial charge in [0, 0.05) is 12.4 Å². The highest BCUT2D eigenvalue weighted by atomic mass is 32.2. The molecule has 2 heterocycles. The molecule has 1 saturated heterocycles. The summed E-state index contributed by atoms with van der Waals surface area (Å²) in [6.45, 7) is 2.93. The van der Waals surface area contributed by atoms with E-state index in [-0.39, 0.29) is 18.3 Å². The quantitative estimate of drug-likeness (QED) is 0.309. The summed E-state index contributed by atoms with van der Waals surface area (Å²) in [5, 5.41) is 0. The highest BCUT2D eigenvalue weighted by Crippen LogP contribution is 2.35. The van der Waals surface area contributed by atoms with Gasteiger partial charge in [-0.15, -0.1) is 0 Å². The monoisotopic (exact) mass is 480 g/mol. The van der Waals surface area contributed by atoms with Crippen LogP contribution in [0.15, 0.2) is 71.9 Å². The molecule has 8 heteroatoms. The molecular weight excluding hydrogens is 459 g/mol. The van der Waals surface area contributed by atoms with Crippen LogP contribution in [-0.4, -0.2) is 26.7 Å². The Hall–Kier alpha value is -3.23. The van der Waals surface area contributed by atoms with E-state index < -0.39 is 0 Å². The first-order chi connectivity index (χ1) is 16.0. The maximum atomic E-state index is 13.4. The second-order valence-electron chi connectivity index (χ2n) is 7.19. The molecule has 0 saturated carbocycles. The van der Waals surface area contributed by atoms with Crippen LogP contribution in [-0.2, 0) is 17.9 Å². The molecule has 0 bridgehead atoms. The fourth-order valence-electron chi connectivity index (χ4n) is 3.25. The van der Waals surface area contributed by atoms with Gasteiger partial charge < -0.3 is 9.47 Å². The van der Waals surface area contributed by atoms with Crippen LogP contribution in [0.25, 0.3) is 6.08 Å². The molecule has 1 amide bonds. The largest absolute Gasteiger partial charge is 0.490 e. The van der Waals surface area contributed by atoms with Crippen LogP contribution in [0.2, 0.25) is 0 Å². The molecule has 1 aliphatic rings. The Morgan fingerprint density at radius 3 is 2.70 bits per heavy atom. The van der Waals surface area contributed by atoms with Gasteiger partial charge in [0.25, 0.3) is 5.91 Å². The van der Waals surface area contributed by atoms with Crippen LogP contribution in [0.1, 0.15) is 23.6 Å². The van der Waals surface area contributed by atoms with Crippen LogP contribution < -0.4 is 9.47 Å². The number of carbonyl (C=O) groups excluding carboxylic acids is 1. The Labute approximate surface area is 201 Å². The van der Waals surface area contributed by atoms with Crippen molar-refractivity contribution in [2.45, 2.75) is 20.1 Å². The molecule has 2 aromatic carbocycles. The Balaban J connectivity index is 1.50. The van der Waals surface area contributed by atoms with E-state index in [1.54, 1.807) is 41.6 Å². The number of thioether (sulfide) groups is 1. The fourth-order valence-corrected chi connectivity index (χ4v) is 4.51. The van der Waals surface area contributed by atoms with Crippen molar-refractivity contribution in [1.29, 1.82) is 0 Å². The minimum atomic E-state index is -0.308. The fraction of sp³-hybridized carbons (Fsp3) is 0.160. The van der Waals surface area contributed by atoms with Crippen molar-refractivity contribution < 1.29 is 18.7 Å². The first kappa shape index (κ1) is 22.9. The van der Waals surface area contributed by atoms with Gasteiger partial charge in [0.15, 0.2) is 11.5 Å². The molecule has 0 atom stereocenters. The molecular formula is C25H21FN2O3S2. The molecule has 0 radical (unpaired) electrons. The molecule has 33 heavy (non-hydrogen) atoms. The normalized spacial score (nSPS) is 14.7. The molecule has 0 unspecified atom stereocenters. The van der Waals surface area contributed by atoms with E-state index in [0.717, 1.165) is 16.7 Å². The maximum Gasteiger partial charge on any atom is 0.266 e. The summed E-state index contributed by atoms with van der Waals surface area (Å²) in [6.07, 6.45) is 5.20. The summed E-state index contributed by atoms with van der Waals surface area (Å²) in [6, 6.07) is 15.5. The maximum absolute atomic E-state index is 13.4. The summed E-state index contributed by atoms with van der Waals surface area (Å²) in [5.74, 6) is 0.645. The lowest BCUT2D eigenvalue weighted by atomic mass is 10.1. The Bertz CT molecular complexity index is 1200. The van der Waals surface area contributed by atoms with Crippen LogP contribution in [0.4, 0.5) is 4.39 Å². The number of hydrogen-bond acceptors (Lipinski definition) is 6. The number of nitrogens with zero attached hydrogens (tertiary/aromatic N) is 2. The zero-order valence-electron chi connectivity index (χ0n) is 17.9. The molecule has 5 nitrogen and oxygen atoms in total. The average Bonchev–Trinajstić information content (AvgIpc) is 3.07. The van der Waals surface area contributed by atoms with Crippen LogP contribution in [0, 0.1) is 5.82 Å². The number of carbonyl (C=O) groups is 1. The number of aromatic nitrogens is 1. The predicted octanol–water partition coefficient (Wildman–Crippen LogP) is 5.60. The standard InChI is InChI=1S/C25H21FN2O3S2/c1-2-30-22-12-17(8-9-21(22)31-16-18-5-3-7-20(26)11-18)13-23-24(29)28(25(32)33-23)15-19-6-4-10-27-14-19/h3-14H,2,15-16H2,1H3. The third-order valence-electron chi connectivity index (χ3n) is 4.79. The van der Waals surface area contributed by atoms with E-state index in [1.807, 2.05) is 31.2 Å². The number of ether oxygens (including phenoxy) is 2. The van der Waals surface area contributed by atoms with Gasteiger partial charge in [0.1, 0.15) is 16.7 Å². The van der Waals surface area contributed by atoms with E-state index in [1.165, 1.54) is 23.9 Å². The van der Waals surface area contributed by atoms with E-state index >= 15 is 0 Å². The van der Waals surface area contributed by atoms with Gasteiger partial charge in [-0.3, -0.25) is 14.7 Å². The van der Waals surface area contributed by atoms with E-state index in [0.29, 0.717) is 33.9 Å². The van der Waals surface area contributed by atoms with Crippen molar-refractivity contribution in [2.24, 2.45) is 0 Å². The number of benzene rings is 2. The number of pyridine rings is 1. The molecule has 1 aliphatic heterocycles. The van der Waals surface area contributed by atoms with E-state index in [4.69, 9.17) is 21.7 Å². The molecule has 168 valence electrons. The molecule has 0 spiro atoms. The lowest BCUT2D eigenvalue weighted by molar-refractivity contribution is -0.122. The molecule has 1 fully saturated rings. The van der Waals surface area contributed by atoms with Crippen molar-refractivity contribution in [3.63, 3.8) is 0 Å². The molecule has 0 N–H and O–H groups in total. The van der Waals surface area contributed by atoms with Gasteiger partial charge in [0.2, 0.25) is 0 Å². The molecule has 1 aromatic heterocycles. The van der Waals surface area contributed by atoms with E-state index in [2.05, 4.69) is 4.98 Å². The SMILES string of the molecule is CCOc1cc(C=C2SC(=S)N(Cc3cccnc3)C2=O)ccc1OCc1cccc(F)c1. The van der Waals surface area contributed by atoms with Crippen molar-refractivity contribution in [2.75, 3.05) is 6.61 Å². The van der Waals surface area contributed by atoms with Crippen molar-refractivity contribution in [3.05, 3.63) is 94.4 Å². The second-order valence-corrected chi connectivity index (χ2v) is 8.86. The topological polar surface area (TPSA) is 51.7 Å². The average molecular weight is 481 g/mol. The summed E-state index contributed by atoms with van der Waals surface area (Å²) in [4.78, 5) is 19.1. The van der Waals surface area contributed by atoms with Gasteiger partial charge in [-0.2, -0.15) is 0 Å². The Morgan fingerprint density at radius 1 is 1.09 bits per heavy atom. The summed E-state index contributed by atoms with van der Waals surface area (Å²) < 4.78 is 25.5. The van der Waals surface area contributed by atoms with Crippen molar-refractivity contribution in [1.82, 2.24) is 9.88 Å². The number of hydrogen-bond donors (Lipinski definition) is 0. The zero-order valence-corrected chi connectivity index (χ0v) is 19.5. The van der Waals surface area contributed by atoms with Gasteiger partial charge in [-0.05, 0) is 60.0 Å². The van der Waals surface area contributed by atoms with Crippen LogP contribution in [0.5, 0.6) is 11.5 Å². The van der Waals surface area contributed by atoms with Gasteiger partial charge in [-0.1, -0.05) is 48.2 Å². The first-order valence-corrected chi connectivity index (χ1v) is 11.5. The van der Waals surface area contributed by atoms with Gasteiger partial charge >= 0.3 is 0 Å². The van der Waals surface area contributed by atoms with Crippen molar-refractivity contribution >= 4 is 40.3 Å². The third kappa shape index (κ3) is 5.77. The third-order valence-corrected chi connectivity index (χ3v) is 6.16. The lowest BCUT2D eigenvalue weighted by Gasteiger charge is -2.14. The van der Waals surface area contributed by atoms with Crippen LogP contribution in [0.3, 0.4) is 0 Å². The van der Waals surface area contributed by atoms with Gasteiger partial charge in [0.05, 0.1) is 18.1 Å². The first-order valence-electron chi connectivity index (χ1n) is 10.3. The van der Waals surface area contributed by atoms with Crippen LogP contribution >= 0.6 is 24.0 Å². The van der Waals surface area contributed by atoms with E-state index in [9.17, 15) is 9.18 Å². The molecule has 0 aliphatic carbocycles. The zero-order chi connectivity index (χ0) is 23.2. The highest BCUT2D eigenvalue weighted by Gasteiger charge is 2.32. The number of rotatable bonds is 8. The summed E-state index contributed by atoms with van der Waals surface area (Å²) >= 11 is 6.69. The summed E-state index contributed by atoms with van der Waals surface area (Å²) in [5.41, 5.74) is 2.42. The second kappa shape index (κ2) is 10.6. The molecule has 4 rings (SSSR count).